The monoisotopic (exact) mass is 503 g/mol. The molecule has 1 fully saturated rings. The fourth-order valence-corrected chi connectivity index (χ4v) is 5.72. The quantitative estimate of drug-likeness (QED) is 0.521. The number of benzene rings is 2. The number of nitrogens with one attached hydrogen (secondary N) is 2. The highest BCUT2D eigenvalue weighted by atomic mass is 16.2. The molecule has 1 saturated carbocycles. The number of nitrogens with zero attached hydrogens (tertiary/aromatic N) is 1. The number of ketones is 1. The summed E-state index contributed by atoms with van der Waals surface area (Å²) in [5.41, 5.74) is 2.19. The lowest BCUT2D eigenvalue weighted by atomic mass is 9.80. The zero-order chi connectivity index (χ0) is 26.3. The van der Waals surface area contributed by atoms with Gasteiger partial charge < -0.3 is 10.6 Å². The molecule has 37 heavy (non-hydrogen) atoms. The SMILES string of the molecule is CC(C)C[C@H](NC(=O)C1(NC(=O)c2ccccc2)CCCCC1)C(=O)CN1CCCc2ccccc2C1. The molecule has 6 nitrogen and oxygen atoms in total. The normalized spacial score (nSPS) is 18.4. The van der Waals surface area contributed by atoms with Crippen LogP contribution < -0.4 is 10.6 Å². The van der Waals surface area contributed by atoms with Gasteiger partial charge >= 0.3 is 0 Å². The van der Waals surface area contributed by atoms with E-state index in [1.165, 1.54) is 11.1 Å². The molecule has 198 valence electrons. The standard InChI is InChI=1S/C31H41N3O3/c1-23(2)20-27(28(35)22-34-19-11-16-24-12-7-8-15-26(24)21-34)32-30(37)31(17-9-4-10-18-31)33-29(36)25-13-5-3-6-14-25/h3,5-8,12-15,23,27H,4,9-11,16-22H2,1-2H3,(H,32,37)(H,33,36)/t27-/m0/s1. The summed E-state index contributed by atoms with van der Waals surface area (Å²) in [5, 5.41) is 6.18. The first kappa shape index (κ1) is 27.1. The van der Waals surface area contributed by atoms with E-state index >= 15 is 0 Å². The van der Waals surface area contributed by atoms with Crippen LogP contribution in [-0.4, -0.2) is 47.2 Å². The fourth-order valence-electron chi connectivity index (χ4n) is 5.72. The molecule has 1 heterocycles. The van der Waals surface area contributed by atoms with E-state index in [0.29, 0.717) is 31.4 Å². The van der Waals surface area contributed by atoms with Crippen LogP contribution in [0.2, 0.25) is 0 Å². The Morgan fingerprint density at radius 2 is 1.57 bits per heavy atom. The zero-order valence-electron chi connectivity index (χ0n) is 22.3. The number of aryl methyl sites for hydroxylation is 1. The van der Waals surface area contributed by atoms with Gasteiger partial charge in [-0.25, -0.2) is 0 Å². The Kier molecular flexibility index (Phi) is 9.14. The highest BCUT2D eigenvalue weighted by molar-refractivity contribution is 6.00. The molecular weight excluding hydrogens is 462 g/mol. The Bertz CT molecular complexity index is 1080. The van der Waals surface area contributed by atoms with Crippen LogP contribution in [0, 0.1) is 5.92 Å². The number of hydrogen-bond donors (Lipinski definition) is 2. The van der Waals surface area contributed by atoms with Crippen LogP contribution >= 0.6 is 0 Å². The Hall–Kier alpha value is -2.99. The summed E-state index contributed by atoms with van der Waals surface area (Å²) >= 11 is 0. The minimum atomic E-state index is -0.984. The maximum atomic E-state index is 13.8. The van der Waals surface area contributed by atoms with Gasteiger partial charge in [0.05, 0.1) is 12.6 Å². The maximum Gasteiger partial charge on any atom is 0.252 e. The van der Waals surface area contributed by atoms with E-state index in [-0.39, 0.29) is 23.5 Å². The number of carbonyl (C=O) groups excluding carboxylic acids is 3. The van der Waals surface area contributed by atoms with E-state index in [1.807, 2.05) is 18.2 Å². The molecule has 0 unspecified atom stereocenters. The van der Waals surface area contributed by atoms with Crippen molar-refractivity contribution in [2.24, 2.45) is 5.92 Å². The highest BCUT2D eigenvalue weighted by Crippen LogP contribution is 2.29. The Morgan fingerprint density at radius 1 is 0.892 bits per heavy atom. The van der Waals surface area contributed by atoms with E-state index in [9.17, 15) is 14.4 Å². The van der Waals surface area contributed by atoms with Crippen LogP contribution in [0.5, 0.6) is 0 Å². The smallest absolute Gasteiger partial charge is 0.252 e. The molecule has 2 amide bonds. The Morgan fingerprint density at radius 3 is 2.27 bits per heavy atom. The van der Waals surface area contributed by atoms with Gasteiger partial charge in [-0.05, 0) is 67.8 Å². The van der Waals surface area contributed by atoms with Crippen molar-refractivity contribution in [3.63, 3.8) is 0 Å². The summed E-state index contributed by atoms with van der Waals surface area (Å²) < 4.78 is 0. The van der Waals surface area contributed by atoms with Crippen molar-refractivity contribution < 1.29 is 14.4 Å². The van der Waals surface area contributed by atoms with Crippen molar-refractivity contribution >= 4 is 17.6 Å². The first-order valence-electron chi connectivity index (χ1n) is 13.9. The Labute approximate surface area is 221 Å². The van der Waals surface area contributed by atoms with Crippen molar-refractivity contribution in [1.29, 1.82) is 0 Å². The van der Waals surface area contributed by atoms with Crippen LogP contribution in [0.3, 0.4) is 0 Å². The van der Waals surface area contributed by atoms with Gasteiger partial charge in [-0.15, -0.1) is 0 Å². The third-order valence-electron chi connectivity index (χ3n) is 7.74. The molecule has 2 aromatic carbocycles. The molecule has 2 aromatic rings. The summed E-state index contributed by atoms with van der Waals surface area (Å²) in [7, 11) is 0. The van der Waals surface area contributed by atoms with Crippen LogP contribution in [0.25, 0.3) is 0 Å². The largest absolute Gasteiger partial charge is 0.344 e. The summed E-state index contributed by atoms with van der Waals surface area (Å²) in [6, 6.07) is 16.9. The van der Waals surface area contributed by atoms with Crippen LogP contribution in [0.4, 0.5) is 0 Å². The second-order valence-electron chi connectivity index (χ2n) is 11.2. The third kappa shape index (κ3) is 7.07. The summed E-state index contributed by atoms with van der Waals surface area (Å²) in [5.74, 6) is -0.175. The maximum absolute atomic E-state index is 13.8. The third-order valence-corrected chi connectivity index (χ3v) is 7.74. The number of fused-ring (bicyclic) bond motifs is 1. The zero-order valence-corrected chi connectivity index (χ0v) is 22.3. The molecular formula is C31H41N3O3. The van der Waals surface area contributed by atoms with E-state index in [2.05, 4.69) is 53.6 Å². The van der Waals surface area contributed by atoms with Crippen molar-refractivity contribution in [3.05, 3.63) is 71.3 Å². The molecule has 4 rings (SSSR count). The van der Waals surface area contributed by atoms with E-state index in [1.54, 1.807) is 12.1 Å². The minimum absolute atomic E-state index is 0.0433. The second kappa shape index (κ2) is 12.5. The van der Waals surface area contributed by atoms with Gasteiger partial charge in [0.1, 0.15) is 5.54 Å². The van der Waals surface area contributed by atoms with E-state index in [0.717, 1.165) is 45.2 Å². The summed E-state index contributed by atoms with van der Waals surface area (Å²) in [6.07, 6.45) is 6.58. The lowest BCUT2D eigenvalue weighted by Gasteiger charge is -2.38. The van der Waals surface area contributed by atoms with E-state index in [4.69, 9.17) is 0 Å². The van der Waals surface area contributed by atoms with Crippen molar-refractivity contribution in [2.45, 2.75) is 83.3 Å². The van der Waals surface area contributed by atoms with Gasteiger partial charge in [-0.3, -0.25) is 19.3 Å². The van der Waals surface area contributed by atoms with Gasteiger partial charge in [-0.2, -0.15) is 0 Å². The molecule has 0 radical (unpaired) electrons. The topological polar surface area (TPSA) is 78.5 Å². The molecule has 0 saturated heterocycles. The van der Waals surface area contributed by atoms with Gasteiger partial charge in [0, 0.05) is 12.1 Å². The van der Waals surface area contributed by atoms with Gasteiger partial charge in [0.15, 0.2) is 5.78 Å². The molecule has 0 bridgehead atoms. The fraction of sp³-hybridized carbons (Fsp3) is 0.516. The number of hydrogen-bond acceptors (Lipinski definition) is 4. The molecule has 0 spiro atoms. The summed E-state index contributed by atoms with van der Waals surface area (Å²) in [6.45, 7) is 6.07. The first-order chi connectivity index (χ1) is 17.9. The lowest BCUT2D eigenvalue weighted by molar-refractivity contribution is -0.133. The van der Waals surface area contributed by atoms with Crippen molar-refractivity contribution in [2.75, 3.05) is 13.1 Å². The minimum Gasteiger partial charge on any atom is -0.344 e. The second-order valence-corrected chi connectivity index (χ2v) is 11.2. The highest BCUT2D eigenvalue weighted by Gasteiger charge is 2.42. The van der Waals surface area contributed by atoms with Crippen LogP contribution in [0.1, 0.15) is 80.3 Å². The van der Waals surface area contributed by atoms with Gasteiger partial charge in [-0.1, -0.05) is 75.6 Å². The summed E-state index contributed by atoms with van der Waals surface area (Å²) in [4.78, 5) is 42.7. The molecule has 6 heteroatoms. The predicted molar refractivity (Wildman–Crippen MR) is 146 cm³/mol. The average Bonchev–Trinajstić information content (AvgIpc) is 3.10. The molecule has 2 aliphatic rings. The van der Waals surface area contributed by atoms with Gasteiger partial charge in [0.2, 0.25) is 5.91 Å². The number of Topliss-reactive ketones (excluding diaryl/α,β-unsaturated/α-hetero) is 1. The average molecular weight is 504 g/mol. The van der Waals surface area contributed by atoms with E-state index < -0.39 is 11.6 Å². The lowest BCUT2D eigenvalue weighted by Crippen LogP contribution is -2.62. The predicted octanol–water partition coefficient (Wildman–Crippen LogP) is 4.67. The molecule has 1 aliphatic heterocycles. The Balaban J connectivity index is 1.47. The molecule has 1 aliphatic carbocycles. The number of amides is 2. The van der Waals surface area contributed by atoms with Gasteiger partial charge in [0.25, 0.3) is 5.91 Å². The number of carbonyl (C=O) groups is 3. The van der Waals surface area contributed by atoms with Crippen LogP contribution in [0.15, 0.2) is 54.6 Å². The van der Waals surface area contributed by atoms with Crippen molar-refractivity contribution in [3.8, 4) is 0 Å². The molecule has 1 atom stereocenters. The number of rotatable bonds is 9. The molecule has 0 aromatic heterocycles. The van der Waals surface area contributed by atoms with Crippen molar-refractivity contribution in [1.82, 2.24) is 15.5 Å². The first-order valence-corrected chi connectivity index (χ1v) is 13.9. The molecule has 2 N–H and O–H groups in total. The van der Waals surface area contributed by atoms with Crippen LogP contribution in [-0.2, 0) is 22.6 Å².